The first-order chi connectivity index (χ1) is 8.16. The summed E-state index contributed by atoms with van der Waals surface area (Å²) in [5.74, 6) is 0.302. The van der Waals surface area contributed by atoms with Gasteiger partial charge in [-0.2, -0.15) is 0 Å². The molecule has 1 aliphatic carbocycles. The molecule has 17 heavy (non-hydrogen) atoms. The second-order valence-corrected chi connectivity index (χ2v) is 5.50. The van der Waals surface area contributed by atoms with Crippen molar-refractivity contribution in [3.8, 4) is 5.75 Å². The van der Waals surface area contributed by atoms with Crippen LogP contribution < -0.4 is 5.32 Å². The summed E-state index contributed by atoms with van der Waals surface area (Å²) in [6, 6.07) is 6.00. The highest BCUT2D eigenvalue weighted by Gasteiger charge is 2.19. The van der Waals surface area contributed by atoms with Crippen LogP contribution in [0.3, 0.4) is 0 Å². The van der Waals surface area contributed by atoms with Crippen LogP contribution in [0.4, 0.5) is 0 Å². The number of hydrogen-bond donors (Lipinski definition) is 3. The van der Waals surface area contributed by atoms with Crippen molar-refractivity contribution >= 4 is 15.9 Å². The molecule has 0 aliphatic heterocycles. The van der Waals surface area contributed by atoms with Crippen molar-refractivity contribution in [1.82, 2.24) is 5.32 Å². The van der Waals surface area contributed by atoms with Crippen molar-refractivity contribution in [2.24, 2.45) is 0 Å². The summed E-state index contributed by atoms with van der Waals surface area (Å²) >= 11 is 3.30. The molecule has 0 aromatic heterocycles. The van der Waals surface area contributed by atoms with E-state index in [1.165, 1.54) is 0 Å². The number of aromatic hydroxyl groups is 1. The molecule has 94 valence electrons. The Hall–Kier alpha value is -0.580. The molecule has 2 rings (SSSR count). The summed E-state index contributed by atoms with van der Waals surface area (Å²) < 4.78 is 0.723. The lowest BCUT2D eigenvalue weighted by Crippen LogP contribution is -2.35. The summed E-state index contributed by atoms with van der Waals surface area (Å²) in [5.41, 5.74) is 0.888. The predicted octanol–water partition coefficient (Wildman–Crippen LogP) is 2.55. The van der Waals surface area contributed by atoms with Gasteiger partial charge in [-0.15, -0.1) is 0 Å². The van der Waals surface area contributed by atoms with Crippen LogP contribution in [-0.4, -0.2) is 22.4 Å². The number of phenolic OH excluding ortho intramolecular Hbond substituents is 1. The molecule has 0 heterocycles. The van der Waals surface area contributed by atoms with Gasteiger partial charge < -0.3 is 15.5 Å². The Morgan fingerprint density at radius 3 is 2.94 bits per heavy atom. The first kappa shape index (κ1) is 12.9. The van der Waals surface area contributed by atoms with Crippen LogP contribution in [0.25, 0.3) is 0 Å². The fourth-order valence-corrected chi connectivity index (χ4v) is 2.71. The number of benzene rings is 1. The van der Waals surface area contributed by atoms with Crippen molar-refractivity contribution in [2.75, 3.05) is 0 Å². The Bertz CT molecular complexity index is 384. The third kappa shape index (κ3) is 3.44. The van der Waals surface area contributed by atoms with Gasteiger partial charge in [0.1, 0.15) is 5.75 Å². The molecule has 0 bridgehead atoms. The minimum Gasteiger partial charge on any atom is -0.506 e. The number of rotatable bonds is 3. The van der Waals surface area contributed by atoms with E-state index >= 15 is 0 Å². The van der Waals surface area contributed by atoms with E-state index in [4.69, 9.17) is 0 Å². The molecule has 1 saturated carbocycles. The maximum Gasteiger partial charge on any atom is 0.134 e. The Labute approximate surface area is 110 Å². The molecular formula is C13H18BrNO2. The van der Waals surface area contributed by atoms with Gasteiger partial charge in [-0.1, -0.05) is 12.1 Å². The number of halogens is 1. The molecule has 1 aliphatic rings. The molecule has 0 amide bonds. The van der Waals surface area contributed by atoms with E-state index in [0.717, 1.165) is 35.7 Å². The average molecular weight is 300 g/mol. The summed E-state index contributed by atoms with van der Waals surface area (Å²) in [6.45, 7) is 0.642. The van der Waals surface area contributed by atoms with Crippen molar-refractivity contribution < 1.29 is 10.2 Å². The molecule has 0 spiro atoms. The van der Waals surface area contributed by atoms with Gasteiger partial charge >= 0.3 is 0 Å². The van der Waals surface area contributed by atoms with Crippen molar-refractivity contribution in [1.29, 1.82) is 0 Å². The molecule has 3 N–H and O–H groups in total. The van der Waals surface area contributed by atoms with Gasteiger partial charge in [0.25, 0.3) is 0 Å². The van der Waals surface area contributed by atoms with Crippen LogP contribution in [0.2, 0.25) is 0 Å². The van der Waals surface area contributed by atoms with E-state index in [-0.39, 0.29) is 6.10 Å². The molecule has 3 nitrogen and oxygen atoms in total. The highest BCUT2D eigenvalue weighted by atomic mass is 79.9. The standard InChI is InChI=1S/C13H18BrNO2/c14-12-6-1-3-9(13(12)17)8-15-10-4-2-5-11(16)7-10/h1,3,6,10-11,15-17H,2,4-5,7-8H2/t10-,11+/m0/s1. The second-order valence-electron chi connectivity index (χ2n) is 4.65. The molecule has 4 heteroatoms. The van der Waals surface area contributed by atoms with Crippen LogP contribution in [0.5, 0.6) is 5.75 Å². The molecule has 0 unspecified atom stereocenters. The van der Waals surface area contributed by atoms with Crippen molar-refractivity contribution in [3.05, 3.63) is 28.2 Å². The van der Waals surface area contributed by atoms with Gasteiger partial charge in [-0.25, -0.2) is 0 Å². The maximum absolute atomic E-state index is 9.84. The first-order valence-electron chi connectivity index (χ1n) is 6.04. The Morgan fingerprint density at radius 2 is 2.18 bits per heavy atom. The number of nitrogens with one attached hydrogen (secondary N) is 1. The monoisotopic (exact) mass is 299 g/mol. The van der Waals surface area contributed by atoms with Gasteiger partial charge in [0.15, 0.2) is 0 Å². The van der Waals surface area contributed by atoms with Crippen molar-refractivity contribution in [2.45, 2.75) is 44.4 Å². The molecule has 1 aromatic carbocycles. The van der Waals surface area contributed by atoms with Crippen LogP contribution in [-0.2, 0) is 6.54 Å². The minimum absolute atomic E-state index is 0.169. The molecular weight excluding hydrogens is 282 g/mol. The van der Waals surface area contributed by atoms with E-state index in [2.05, 4.69) is 21.2 Å². The molecule has 0 saturated heterocycles. The highest BCUT2D eigenvalue weighted by Crippen LogP contribution is 2.27. The second kappa shape index (κ2) is 5.85. The fraction of sp³-hybridized carbons (Fsp3) is 0.538. The number of para-hydroxylation sites is 1. The molecule has 2 atom stereocenters. The van der Waals surface area contributed by atoms with E-state index < -0.39 is 0 Å². The summed E-state index contributed by atoms with van der Waals surface area (Å²) in [4.78, 5) is 0. The lowest BCUT2D eigenvalue weighted by molar-refractivity contribution is 0.111. The summed E-state index contributed by atoms with van der Waals surface area (Å²) in [7, 11) is 0. The zero-order chi connectivity index (χ0) is 12.3. The van der Waals surface area contributed by atoms with Gasteiger partial charge in [0.05, 0.1) is 10.6 Å². The highest BCUT2D eigenvalue weighted by molar-refractivity contribution is 9.10. The zero-order valence-electron chi connectivity index (χ0n) is 9.69. The average Bonchev–Trinajstić information content (AvgIpc) is 2.31. The number of hydrogen-bond acceptors (Lipinski definition) is 3. The minimum atomic E-state index is -0.169. The molecule has 1 fully saturated rings. The Morgan fingerprint density at radius 1 is 1.35 bits per heavy atom. The normalized spacial score (nSPS) is 24.8. The topological polar surface area (TPSA) is 52.5 Å². The number of aliphatic hydroxyl groups is 1. The van der Waals surface area contributed by atoms with E-state index in [9.17, 15) is 10.2 Å². The lowest BCUT2D eigenvalue weighted by Gasteiger charge is -2.26. The maximum atomic E-state index is 9.84. The van der Waals surface area contributed by atoms with Crippen molar-refractivity contribution in [3.63, 3.8) is 0 Å². The van der Waals surface area contributed by atoms with E-state index in [1.807, 2.05) is 18.2 Å². The predicted molar refractivity (Wildman–Crippen MR) is 70.9 cm³/mol. The zero-order valence-corrected chi connectivity index (χ0v) is 11.3. The quantitative estimate of drug-likeness (QED) is 0.804. The third-order valence-corrected chi connectivity index (χ3v) is 3.94. The Kier molecular flexibility index (Phi) is 4.42. The van der Waals surface area contributed by atoms with Gasteiger partial charge in [-0.05, 0) is 47.7 Å². The smallest absolute Gasteiger partial charge is 0.134 e. The van der Waals surface area contributed by atoms with Gasteiger partial charge in [-0.3, -0.25) is 0 Å². The largest absolute Gasteiger partial charge is 0.506 e. The van der Waals surface area contributed by atoms with Crippen LogP contribution >= 0.6 is 15.9 Å². The number of aliphatic hydroxyl groups excluding tert-OH is 1. The Balaban J connectivity index is 1.91. The molecule has 0 radical (unpaired) electrons. The van der Waals surface area contributed by atoms with Gasteiger partial charge in [0.2, 0.25) is 0 Å². The third-order valence-electron chi connectivity index (χ3n) is 3.30. The molecule has 1 aromatic rings. The SMILES string of the molecule is Oc1c(Br)cccc1CN[C@H]1CCC[C@@H](O)C1. The lowest BCUT2D eigenvalue weighted by atomic mass is 9.93. The van der Waals surface area contributed by atoms with E-state index in [1.54, 1.807) is 0 Å². The number of phenols is 1. The summed E-state index contributed by atoms with van der Waals surface area (Å²) in [6.07, 6.45) is 3.74. The summed E-state index contributed by atoms with van der Waals surface area (Å²) in [5, 5.41) is 22.8. The van der Waals surface area contributed by atoms with Crippen LogP contribution in [0.15, 0.2) is 22.7 Å². The van der Waals surface area contributed by atoms with Crippen LogP contribution in [0.1, 0.15) is 31.2 Å². The first-order valence-corrected chi connectivity index (χ1v) is 6.84. The fourth-order valence-electron chi connectivity index (χ4n) is 2.31. The van der Waals surface area contributed by atoms with E-state index in [0.29, 0.717) is 18.3 Å². The van der Waals surface area contributed by atoms with Crippen LogP contribution in [0, 0.1) is 0 Å². The van der Waals surface area contributed by atoms with Gasteiger partial charge in [0, 0.05) is 18.2 Å².